The number of ketones is 1. The molecule has 1 aliphatic heterocycles. The second-order valence-corrected chi connectivity index (χ2v) is 8.61. The highest BCUT2D eigenvalue weighted by atomic mass is 16.5. The molecule has 1 aromatic heterocycles. The number of nitrogens with zero attached hydrogens (tertiary/aromatic N) is 2. The van der Waals surface area contributed by atoms with E-state index >= 15 is 0 Å². The number of anilines is 1. The van der Waals surface area contributed by atoms with E-state index in [0.717, 1.165) is 4.90 Å². The van der Waals surface area contributed by atoms with E-state index in [2.05, 4.69) is 9.97 Å². The Hall–Kier alpha value is -5.32. The minimum Gasteiger partial charge on any atom is -0.507 e. The van der Waals surface area contributed by atoms with Gasteiger partial charge in [-0.3, -0.25) is 14.5 Å². The Balaban J connectivity index is 1.72. The lowest BCUT2D eigenvalue weighted by Crippen LogP contribution is -2.30. The normalized spacial score (nSPS) is 16.5. The highest BCUT2D eigenvalue weighted by molar-refractivity contribution is 6.51. The summed E-state index contributed by atoms with van der Waals surface area (Å²) in [6.07, 6.45) is 0. The number of ether oxygens (including phenoxy) is 3. The van der Waals surface area contributed by atoms with Gasteiger partial charge in [-0.1, -0.05) is 12.1 Å². The molecule has 1 aliphatic rings. The third kappa shape index (κ3) is 4.29. The number of nitrogens with one attached hydrogen (secondary N) is 1. The van der Waals surface area contributed by atoms with E-state index in [1.165, 1.54) is 45.6 Å². The molecule has 0 bridgehead atoms. The molecular weight excluding hydrogens is 506 g/mol. The molecule has 1 fully saturated rings. The molecule has 11 heteroatoms. The maximum Gasteiger partial charge on any atom is 0.335 e. The van der Waals surface area contributed by atoms with E-state index in [-0.39, 0.29) is 28.4 Å². The summed E-state index contributed by atoms with van der Waals surface area (Å²) in [5.74, 6) is -2.16. The minimum atomic E-state index is -1.12. The number of Topliss-reactive ketones (excluding diaryl/α,β-unsaturated/α-hetero) is 1. The van der Waals surface area contributed by atoms with Gasteiger partial charge in [-0.25, -0.2) is 9.78 Å². The fraction of sp³-hybridized carbons (Fsp3) is 0.143. The van der Waals surface area contributed by atoms with Gasteiger partial charge in [-0.15, -0.1) is 0 Å². The Morgan fingerprint density at radius 3 is 2.23 bits per heavy atom. The number of rotatable bonds is 7. The van der Waals surface area contributed by atoms with Crippen molar-refractivity contribution in [2.24, 2.45) is 0 Å². The van der Waals surface area contributed by atoms with Crippen molar-refractivity contribution in [1.29, 1.82) is 0 Å². The van der Waals surface area contributed by atoms with Crippen LogP contribution in [0.5, 0.6) is 17.2 Å². The average molecular weight is 530 g/mol. The van der Waals surface area contributed by atoms with Crippen LogP contribution in [0.15, 0.2) is 66.2 Å². The Kier molecular flexibility index (Phi) is 6.40. The number of amides is 1. The summed E-state index contributed by atoms with van der Waals surface area (Å²) >= 11 is 0. The van der Waals surface area contributed by atoms with Crippen LogP contribution >= 0.6 is 0 Å². The molecule has 0 aliphatic carbocycles. The second-order valence-electron chi connectivity index (χ2n) is 8.61. The highest BCUT2D eigenvalue weighted by Gasteiger charge is 2.48. The molecule has 0 spiro atoms. The SMILES string of the molecule is COc1ccc(C2/C(=C(\O)c3ccc(OC)cc3OC)C(=O)C(=O)N2c2nc3ccc(C(=O)O)cc3[nH]2)cc1. The molecule has 1 unspecified atom stereocenters. The number of imidazole rings is 1. The maximum atomic E-state index is 13.5. The van der Waals surface area contributed by atoms with Gasteiger partial charge in [0.2, 0.25) is 5.95 Å². The molecule has 0 radical (unpaired) electrons. The van der Waals surface area contributed by atoms with Gasteiger partial charge in [-0.05, 0) is 48.0 Å². The zero-order chi connectivity index (χ0) is 27.8. The number of fused-ring (bicyclic) bond motifs is 1. The van der Waals surface area contributed by atoms with Gasteiger partial charge in [0, 0.05) is 6.07 Å². The van der Waals surface area contributed by atoms with Gasteiger partial charge in [-0.2, -0.15) is 0 Å². The van der Waals surface area contributed by atoms with Gasteiger partial charge < -0.3 is 29.4 Å². The molecule has 0 saturated carbocycles. The number of aromatic carboxylic acids is 1. The number of aromatic nitrogens is 2. The van der Waals surface area contributed by atoms with Crippen molar-refractivity contribution in [3.8, 4) is 17.2 Å². The molecule has 3 N–H and O–H groups in total. The van der Waals surface area contributed by atoms with Crippen LogP contribution in [0.2, 0.25) is 0 Å². The zero-order valence-electron chi connectivity index (χ0n) is 21.1. The van der Waals surface area contributed by atoms with E-state index in [0.29, 0.717) is 28.1 Å². The van der Waals surface area contributed by atoms with Crippen molar-refractivity contribution in [2.45, 2.75) is 6.04 Å². The minimum absolute atomic E-state index is 0.0104. The molecular formula is C28H23N3O8. The van der Waals surface area contributed by atoms with Crippen LogP contribution in [0, 0.1) is 0 Å². The number of aromatic amines is 1. The smallest absolute Gasteiger partial charge is 0.335 e. The van der Waals surface area contributed by atoms with Crippen LogP contribution in [0.4, 0.5) is 5.95 Å². The number of aliphatic hydroxyl groups is 1. The lowest BCUT2D eigenvalue weighted by atomic mass is 9.95. The summed E-state index contributed by atoms with van der Waals surface area (Å²) in [6.45, 7) is 0. The Labute approximate surface area is 221 Å². The number of carboxylic acids is 1. The van der Waals surface area contributed by atoms with E-state index in [4.69, 9.17) is 14.2 Å². The van der Waals surface area contributed by atoms with Gasteiger partial charge in [0.05, 0.1) is 55.1 Å². The van der Waals surface area contributed by atoms with Crippen LogP contribution in [-0.2, 0) is 9.59 Å². The number of methoxy groups -OCH3 is 3. The van der Waals surface area contributed by atoms with Crippen molar-refractivity contribution >= 4 is 40.4 Å². The Bertz CT molecular complexity index is 1660. The van der Waals surface area contributed by atoms with E-state index < -0.39 is 29.5 Å². The van der Waals surface area contributed by atoms with Crippen LogP contribution in [0.1, 0.15) is 27.5 Å². The van der Waals surface area contributed by atoms with Gasteiger partial charge >= 0.3 is 11.9 Å². The molecule has 11 nitrogen and oxygen atoms in total. The standard InChI is InChI=1S/C28H23N3O8/c1-37-16-7-4-14(5-8-16)23-22(24(32)18-10-9-17(38-2)13-21(18)39-3)25(33)26(34)31(23)28-29-19-11-6-15(27(35)36)12-20(19)30-28/h4-13,23,32H,1-3H3,(H,29,30)(H,35,36)/b24-22+. The van der Waals surface area contributed by atoms with Crippen molar-refractivity contribution in [3.05, 3.63) is 82.9 Å². The number of carbonyl (C=O) groups is 3. The molecule has 1 saturated heterocycles. The molecule has 3 aromatic carbocycles. The number of carboxylic acid groups (broad SMARTS) is 1. The highest BCUT2D eigenvalue weighted by Crippen LogP contribution is 2.43. The summed E-state index contributed by atoms with van der Waals surface area (Å²) in [4.78, 5) is 46.9. The van der Waals surface area contributed by atoms with Crippen molar-refractivity contribution in [3.63, 3.8) is 0 Å². The first-order chi connectivity index (χ1) is 18.8. The van der Waals surface area contributed by atoms with Gasteiger partial charge in [0.15, 0.2) is 0 Å². The topological polar surface area (TPSA) is 151 Å². The molecule has 198 valence electrons. The quantitative estimate of drug-likeness (QED) is 0.184. The summed E-state index contributed by atoms with van der Waals surface area (Å²) < 4.78 is 15.9. The van der Waals surface area contributed by atoms with Gasteiger partial charge in [0.25, 0.3) is 5.78 Å². The lowest BCUT2D eigenvalue weighted by molar-refractivity contribution is -0.132. The number of benzene rings is 3. The molecule has 1 atom stereocenters. The first-order valence-electron chi connectivity index (χ1n) is 11.7. The van der Waals surface area contributed by atoms with E-state index in [9.17, 15) is 24.6 Å². The fourth-order valence-corrected chi connectivity index (χ4v) is 4.54. The molecule has 4 aromatic rings. The van der Waals surface area contributed by atoms with E-state index in [1.807, 2.05) is 0 Å². The summed E-state index contributed by atoms with van der Waals surface area (Å²) in [6, 6.07) is 14.5. The Morgan fingerprint density at radius 1 is 0.897 bits per heavy atom. The first kappa shape index (κ1) is 25.3. The van der Waals surface area contributed by atoms with Crippen LogP contribution in [0.3, 0.4) is 0 Å². The van der Waals surface area contributed by atoms with Crippen LogP contribution < -0.4 is 19.1 Å². The number of hydrogen-bond donors (Lipinski definition) is 3. The molecule has 2 heterocycles. The summed E-state index contributed by atoms with van der Waals surface area (Å²) in [7, 11) is 4.40. The average Bonchev–Trinajstić information content (AvgIpc) is 3.49. The number of aliphatic hydroxyl groups excluding tert-OH is 1. The Morgan fingerprint density at radius 2 is 1.59 bits per heavy atom. The van der Waals surface area contributed by atoms with Crippen LogP contribution in [0.25, 0.3) is 16.8 Å². The zero-order valence-corrected chi connectivity index (χ0v) is 21.1. The van der Waals surface area contributed by atoms with Gasteiger partial charge in [0.1, 0.15) is 23.0 Å². The predicted molar refractivity (Wildman–Crippen MR) is 140 cm³/mol. The second kappa shape index (κ2) is 9.86. The largest absolute Gasteiger partial charge is 0.507 e. The first-order valence-corrected chi connectivity index (χ1v) is 11.7. The third-order valence-corrected chi connectivity index (χ3v) is 6.48. The molecule has 39 heavy (non-hydrogen) atoms. The van der Waals surface area contributed by atoms with Crippen LogP contribution in [-0.4, -0.2) is 59.2 Å². The molecule has 1 amide bonds. The van der Waals surface area contributed by atoms with Crippen molar-refractivity contribution in [2.75, 3.05) is 26.2 Å². The maximum absolute atomic E-state index is 13.5. The monoisotopic (exact) mass is 529 g/mol. The fourth-order valence-electron chi connectivity index (χ4n) is 4.54. The number of hydrogen-bond acceptors (Lipinski definition) is 8. The summed E-state index contributed by atoms with van der Waals surface area (Å²) in [5, 5.41) is 20.8. The lowest BCUT2D eigenvalue weighted by Gasteiger charge is -2.23. The van der Waals surface area contributed by atoms with E-state index in [1.54, 1.807) is 36.4 Å². The number of H-pyrrole nitrogens is 1. The third-order valence-electron chi connectivity index (χ3n) is 6.48. The number of carbonyl (C=O) groups excluding carboxylic acids is 2. The molecule has 5 rings (SSSR count). The summed E-state index contributed by atoms with van der Waals surface area (Å²) in [5.41, 5.74) is 1.28. The van der Waals surface area contributed by atoms with Crippen molar-refractivity contribution < 1.29 is 38.8 Å². The predicted octanol–water partition coefficient (Wildman–Crippen LogP) is 3.91. The van der Waals surface area contributed by atoms with Crippen molar-refractivity contribution in [1.82, 2.24) is 9.97 Å².